The average molecular weight is 232 g/mol. The highest BCUT2D eigenvalue weighted by Crippen LogP contribution is 2.26. The predicted molar refractivity (Wildman–Crippen MR) is 67.1 cm³/mol. The second kappa shape index (κ2) is 4.74. The highest BCUT2D eigenvalue weighted by atomic mass is 19.1. The molecule has 3 N–H and O–H groups in total. The Bertz CT molecular complexity index is 529. The highest BCUT2D eigenvalue weighted by molar-refractivity contribution is 5.72. The number of nitrogens with two attached hydrogens (primary N) is 1. The lowest BCUT2D eigenvalue weighted by atomic mass is 10.2. The average Bonchev–Trinajstić information content (AvgIpc) is 2.32. The van der Waals surface area contributed by atoms with Crippen molar-refractivity contribution in [2.75, 3.05) is 18.2 Å². The first kappa shape index (κ1) is 11.3. The number of nitrogens with one attached hydrogen (secondary N) is 1. The summed E-state index contributed by atoms with van der Waals surface area (Å²) >= 11 is 0. The van der Waals surface area contributed by atoms with Gasteiger partial charge >= 0.3 is 0 Å². The molecule has 0 aliphatic rings. The largest absolute Gasteiger partial charge is 0.494 e. The zero-order valence-corrected chi connectivity index (χ0v) is 9.41. The maximum Gasteiger partial charge on any atom is 0.167 e. The number of hydrogen-bond acceptors (Lipinski definition) is 3. The zero-order chi connectivity index (χ0) is 12.3. The minimum Gasteiger partial charge on any atom is -0.494 e. The van der Waals surface area contributed by atoms with Crippen molar-refractivity contribution in [2.45, 2.75) is 0 Å². The van der Waals surface area contributed by atoms with Gasteiger partial charge in [-0.05, 0) is 24.3 Å². The molecule has 0 saturated carbocycles. The molecular formula is C13H13FN2O. The Hall–Kier alpha value is -2.23. The first-order valence-electron chi connectivity index (χ1n) is 5.16. The smallest absolute Gasteiger partial charge is 0.167 e. The first-order valence-corrected chi connectivity index (χ1v) is 5.16. The van der Waals surface area contributed by atoms with E-state index in [2.05, 4.69) is 5.32 Å². The van der Waals surface area contributed by atoms with E-state index in [1.807, 2.05) is 18.2 Å². The number of methoxy groups -OCH3 is 1. The van der Waals surface area contributed by atoms with Crippen LogP contribution in [0, 0.1) is 5.82 Å². The van der Waals surface area contributed by atoms with Crippen LogP contribution in [0.4, 0.5) is 21.5 Å². The Morgan fingerprint density at radius 1 is 1.18 bits per heavy atom. The van der Waals surface area contributed by atoms with Crippen LogP contribution >= 0.6 is 0 Å². The lowest BCUT2D eigenvalue weighted by molar-refractivity contribution is 0.386. The Morgan fingerprint density at radius 3 is 2.59 bits per heavy atom. The van der Waals surface area contributed by atoms with E-state index in [1.165, 1.54) is 13.2 Å². The summed E-state index contributed by atoms with van der Waals surface area (Å²) in [6.45, 7) is 0. The molecule has 0 atom stereocenters. The lowest BCUT2D eigenvalue weighted by Crippen LogP contribution is -1.97. The van der Waals surface area contributed by atoms with E-state index in [0.29, 0.717) is 11.4 Å². The van der Waals surface area contributed by atoms with Gasteiger partial charge in [0.2, 0.25) is 0 Å². The number of halogens is 1. The van der Waals surface area contributed by atoms with Gasteiger partial charge in [-0.1, -0.05) is 12.1 Å². The summed E-state index contributed by atoms with van der Waals surface area (Å²) < 4.78 is 18.3. The van der Waals surface area contributed by atoms with Gasteiger partial charge in [0.25, 0.3) is 0 Å². The van der Waals surface area contributed by atoms with Crippen LogP contribution in [0.25, 0.3) is 0 Å². The van der Waals surface area contributed by atoms with Gasteiger partial charge in [-0.3, -0.25) is 0 Å². The molecule has 0 aliphatic heterocycles. The fraction of sp³-hybridized carbons (Fsp3) is 0.0769. The summed E-state index contributed by atoms with van der Waals surface area (Å²) in [5, 5.41) is 3.04. The van der Waals surface area contributed by atoms with E-state index in [4.69, 9.17) is 10.5 Å². The van der Waals surface area contributed by atoms with Gasteiger partial charge in [0, 0.05) is 11.8 Å². The minimum absolute atomic E-state index is 0.219. The Morgan fingerprint density at radius 2 is 1.94 bits per heavy atom. The summed E-state index contributed by atoms with van der Waals surface area (Å²) in [5.41, 5.74) is 7.77. The third-order valence-corrected chi connectivity index (χ3v) is 2.39. The maximum absolute atomic E-state index is 13.5. The number of benzene rings is 2. The molecule has 4 heteroatoms. The summed E-state index contributed by atoms with van der Waals surface area (Å²) in [6.07, 6.45) is 0. The van der Waals surface area contributed by atoms with Gasteiger partial charge in [0.15, 0.2) is 11.6 Å². The van der Waals surface area contributed by atoms with Gasteiger partial charge < -0.3 is 15.8 Å². The molecule has 3 nitrogen and oxygen atoms in total. The van der Waals surface area contributed by atoms with Crippen molar-refractivity contribution in [1.29, 1.82) is 0 Å². The van der Waals surface area contributed by atoms with E-state index < -0.39 is 5.82 Å². The molecule has 17 heavy (non-hydrogen) atoms. The van der Waals surface area contributed by atoms with Crippen LogP contribution in [0.15, 0.2) is 42.5 Å². The van der Waals surface area contributed by atoms with Crippen LogP contribution in [-0.4, -0.2) is 7.11 Å². The molecule has 0 amide bonds. The zero-order valence-electron chi connectivity index (χ0n) is 9.41. The molecule has 0 heterocycles. The predicted octanol–water partition coefficient (Wildman–Crippen LogP) is 3.16. The second-order valence-corrected chi connectivity index (χ2v) is 3.56. The van der Waals surface area contributed by atoms with Crippen LogP contribution in [-0.2, 0) is 0 Å². The summed E-state index contributed by atoms with van der Waals surface area (Å²) in [5.74, 6) is -0.191. The third-order valence-electron chi connectivity index (χ3n) is 2.39. The van der Waals surface area contributed by atoms with E-state index in [0.717, 1.165) is 5.69 Å². The fourth-order valence-electron chi connectivity index (χ4n) is 1.51. The van der Waals surface area contributed by atoms with Gasteiger partial charge in [-0.25, -0.2) is 4.39 Å². The molecular weight excluding hydrogens is 219 g/mol. The normalized spacial score (nSPS) is 10.0. The quantitative estimate of drug-likeness (QED) is 0.799. The first-order chi connectivity index (χ1) is 8.20. The monoisotopic (exact) mass is 232 g/mol. The second-order valence-electron chi connectivity index (χ2n) is 3.56. The van der Waals surface area contributed by atoms with Crippen molar-refractivity contribution < 1.29 is 9.13 Å². The van der Waals surface area contributed by atoms with Crippen LogP contribution in [0.1, 0.15) is 0 Å². The molecule has 0 aromatic heterocycles. The van der Waals surface area contributed by atoms with E-state index in [9.17, 15) is 4.39 Å². The fourth-order valence-corrected chi connectivity index (χ4v) is 1.51. The van der Waals surface area contributed by atoms with Crippen molar-refractivity contribution in [3.63, 3.8) is 0 Å². The van der Waals surface area contributed by atoms with Gasteiger partial charge in [0.1, 0.15) is 0 Å². The molecule has 0 saturated heterocycles. The van der Waals surface area contributed by atoms with Crippen LogP contribution in [0.5, 0.6) is 5.75 Å². The summed E-state index contributed by atoms with van der Waals surface area (Å²) in [4.78, 5) is 0. The van der Waals surface area contributed by atoms with Crippen molar-refractivity contribution in [1.82, 2.24) is 0 Å². The number of para-hydroxylation sites is 2. The lowest BCUT2D eigenvalue weighted by Gasteiger charge is -2.10. The molecule has 0 unspecified atom stereocenters. The number of rotatable bonds is 3. The van der Waals surface area contributed by atoms with Crippen LogP contribution in [0.3, 0.4) is 0 Å². The molecule has 88 valence electrons. The van der Waals surface area contributed by atoms with Crippen molar-refractivity contribution >= 4 is 17.1 Å². The molecule has 0 spiro atoms. The molecule has 2 aromatic rings. The Balaban J connectivity index is 2.25. The summed E-state index contributed by atoms with van der Waals surface area (Å²) in [7, 11) is 1.43. The van der Waals surface area contributed by atoms with E-state index in [-0.39, 0.29) is 5.75 Å². The SMILES string of the molecule is COc1ccc(Nc2ccccc2N)cc1F. The van der Waals surface area contributed by atoms with Gasteiger partial charge in [-0.15, -0.1) is 0 Å². The van der Waals surface area contributed by atoms with E-state index >= 15 is 0 Å². The van der Waals surface area contributed by atoms with Crippen molar-refractivity contribution in [3.05, 3.63) is 48.3 Å². The molecule has 2 rings (SSSR count). The minimum atomic E-state index is -0.410. The summed E-state index contributed by atoms with van der Waals surface area (Å²) in [6, 6.07) is 12.0. The molecule has 0 fully saturated rings. The standard InChI is InChI=1S/C13H13FN2O/c1-17-13-7-6-9(8-10(13)14)16-12-5-3-2-4-11(12)15/h2-8,16H,15H2,1H3. The molecule has 0 bridgehead atoms. The molecule has 0 aliphatic carbocycles. The van der Waals surface area contributed by atoms with Gasteiger partial charge in [0.05, 0.1) is 18.5 Å². The highest BCUT2D eigenvalue weighted by Gasteiger charge is 2.04. The van der Waals surface area contributed by atoms with E-state index in [1.54, 1.807) is 18.2 Å². The van der Waals surface area contributed by atoms with Crippen molar-refractivity contribution in [3.8, 4) is 5.75 Å². The van der Waals surface area contributed by atoms with Crippen molar-refractivity contribution in [2.24, 2.45) is 0 Å². The maximum atomic E-state index is 13.5. The number of ether oxygens (including phenoxy) is 1. The van der Waals surface area contributed by atoms with Crippen LogP contribution < -0.4 is 15.8 Å². The third kappa shape index (κ3) is 2.47. The van der Waals surface area contributed by atoms with Crippen LogP contribution in [0.2, 0.25) is 0 Å². The number of hydrogen-bond donors (Lipinski definition) is 2. The molecule has 0 radical (unpaired) electrons. The number of nitrogen functional groups attached to an aromatic ring is 1. The Kier molecular flexibility index (Phi) is 3.14. The van der Waals surface area contributed by atoms with Gasteiger partial charge in [-0.2, -0.15) is 0 Å². The molecule has 2 aromatic carbocycles. The Labute approximate surface area is 99.0 Å². The topological polar surface area (TPSA) is 47.3 Å². The number of anilines is 3.